The summed E-state index contributed by atoms with van der Waals surface area (Å²) in [5.41, 5.74) is 2.17. The molecule has 1 aromatic heterocycles. The van der Waals surface area contributed by atoms with E-state index < -0.39 is 11.7 Å². The molecule has 2 nitrogen and oxygen atoms in total. The van der Waals surface area contributed by atoms with E-state index in [1.807, 2.05) is 13.1 Å². The van der Waals surface area contributed by atoms with Crippen molar-refractivity contribution in [2.24, 2.45) is 7.05 Å². The van der Waals surface area contributed by atoms with E-state index in [0.717, 1.165) is 17.6 Å². The number of benzene rings is 2. The third kappa shape index (κ3) is 2.15. The quantitative estimate of drug-likeness (QED) is 0.655. The predicted molar refractivity (Wildman–Crippen MR) is 70.0 cm³/mol. The van der Waals surface area contributed by atoms with Gasteiger partial charge in [-0.2, -0.15) is 13.2 Å². The van der Waals surface area contributed by atoms with Gasteiger partial charge < -0.3 is 4.57 Å². The van der Waals surface area contributed by atoms with Crippen LogP contribution in [0.25, 0.3) is 22.2 Å². The fraction of sp³-hybridized carbons (Fsp3) is 0.133. The molecule has 0 amide bonds. The maximum absolute atomic E-state index is 12.7. The number of aromatic nitrogens is 2. The van der Waals surface area contributed by atoms with Crippen molar-refractivity contribution in [1.82, 2.24) is 9.55 Å². The molecule has 0 saturated heterocycles. The molecule has 20 heavy (non-hydrogen) atoms. The molecular formula is C15H10F3N2. The maximum Gasteiger partial charge on any atom is 0.416 e. The maximum atomic E-state index is 12.7. The van der Waals surface area contributed by atoms with Gasteiger partial charge in [0, 0.05) is 7.05 Å². The highest BCUT2D eigenvalue weighted by atomic mass is 19.4. The molecule has 0 saturated carbocycles. The Balaban J connectivity index is 2.11. The Morgan fingerprint density at radius 3 is 2.55 bits per heavy atom. The van der Waals surface area contributed by atoms with Crippen LogP contribution in [0.3, 0.4) is 0 Å². The van der Waals surface area contributed by atoms with Crippen molar-refractivity contribution in [2.45, 2.75) is 6.18 Å². The van der Waals surface area contributed by atoms with Crippen LogP contribution >= 0.6 is 0 Å². The molecule has 101 valence electrons. The van der Waals surface area contributed by atoms with Crippen molar-refractivity contribution in [3.63, 3.8) is 0 Å². The summed E-state index contributed by atoms with van der Waals surface area (Å²) in [5, 5.41) is 0. The predicted octanol–water partition coefficient (Wildman–Crippen LogP) is 4.06. The van der Waals surface area contributed by atoms with Crippen LogP contribution in [0.15, 0.2) is 42.5 Å². The average molecular weight is 275 g/mol. The number of fused-ring (bicyclic) bond motifs is 1. The summed E-state index contributed by atoms with van der Waals surface area (Å²) >= 11 is 0. The standard InChI is InChI=1S/C15H10F3N2/c1-20-9-19-13-8-11(5-6-14(13)20)10-3-2-4-12(7-10)15(16,17)18/h2-8H,1H3. The number of hydrogen-bond acceptors (Lipinski definition) is 1. The molecule has 0 atom stereocenters. The minimum Gasteiger partial charge on any atom is -0.324 e. The van der Waals surface area contributed by atoms with Gasteiger partial charge in [-0.25, -0.2) is 4.98 Å². The van der Waals surface area contributed by atoms with Crippen LogP contribution in [0, 0.1) is 6.33 Å². The molecule has 0 spiro atoms. The molecule has 0 aliphatic rings. The molecule has 1 heterocycles. The number of nitrogens with zero attached hydrogens (tertiary/aromatic N) is 2. The van der Waals surface area contributed by atoms with Gasteiger partial charge in [-0.15, -0.1) is 0 Å². The van der Waals surface area contributed by atoms with Gasteiger partial charge in [0.05, 0.1) is 16.6 Å². The molecule has 0 unspecified atom stereocenters. The van der Waals surface area contributed by atoms with Crippen molar-refractivity contribution < 1.29 is 13.2 Å². The third-order valence-corrected chi connectivity index (χ3v) is 3.18. The van der Waals surface area contributed by atoms with Gasteiger partial charge in [0.1, 0.15) is 0 Å². The second kappa shape index (κ2) is 4.37. The summed E-state index contributed by atoms with van der Waals surface area (Å²) in [5.74, 6) is 0. The van der Waals surface area contributed by atoms with Crippen molar-refractivity contribution >= 4 is 11.0 Å². The number of rotatable bonds is 1. The number of halogens is 3. The molecule has 0 fully saturated rings. The lowest BCUT2D eigenvalue weighted by molar-refractivity contribution is -0.137. The molecule has 0 N–H and O–H groups in total. The third-order valence-electron chi connectivity index (χ3n) is 3.18. The van der Waals surface area contributed by atoms with Gasteiger partial charge in [-0.1, -0.05) is 18.2 Å². The van der Waals surface area contributed by atoms with Crippen LogP contribution < -0.4 is 0 Å². The topological polar surface area (TPSA) is 17.8 Å². The first-order chi connectivity index (χ1) is 9.45. The monoisotopic (exact) mass is 275 g/mol. The smallest absolute Gasteiger partial charge is 0.324 e. The molecule has 0 aliphatic carbocycles. The lowest BCUT2D eigenvalue weighted by Crippen LogP contribution is -2.04. The Bertz CT molecular complexity index is 772. The van der Waals surface area contributed by atoms with Gasteiger partial charge >= 0.3 is 6.18 Å². The van der Waals surface area contributed by atoms with Crippen LogP contribution in [0.5, 0.6) is 0 Å². The average Bonchev–Trinajstić information content (AvgIpc) is 2.79. The zero-order valence-electron chi connectivity index (χ0n) is 10.6. The normalized spacial score (nSPS) is 12.0. The molecule has 2 aromatic carbocycles. The van der Waals surface area contributed by atoms with Crippen LogP contribution in [0.1, 0.15) is 5.56 Å². The lowest BCUT2D eigenvalue weighted by atomic mass is 10.0. The second-order valence-electron chi connectivity index (χ2n) is 4.55. The lowest BCUT2D eigenvalue weighted by Gasteiger charge is -2.09. The van der Waals surface area contributed by atoms with Crippen molar-refractivity contribution in [3.8, 4) is 11.1 Å². The first kappa shape index (κ1) is 12.7. The van der Waals surface area contributed by atoms with Gasteiger partial charge in [0.2, 0.25) is 0 Å². The van der Waals surface area contributed by atoms with Crippen LogP contribution in [0.4, 0.5) is 13.2 Å². The zero-order chi connectivity index (χ0) is 14.3. The highest BCUT2D eigenvalue weighted by molar-refractivity contribution is 5.82. The first-order valence-corrected chi connectivity index (χ1v) is 5.97. The Morgan fingerprint density at radius 2 is 1.80 bits per heavy atom. The molecular weight excluding hydrogens is 265 g/mol. The molecule has 3 rings (SSSR count). The van der Waals surface area contributed by atoms with Crippen LogP contribution in [-0.2, 0) is 13.2 Å². The van der Waals surface area contributed by atoms with Crippen molar-refractivity contribution in [1.29, 1.82) is 0 Å². The molecule has 1 radical (unpaired) electrons. The summed E-state index contributed by atoms with van der Waals surface area (Å²) < 4.78 is 39.9. The van der Waals surface area contributed by atoms with Crippen molar-refractivity contribution in [3.05, 3.63) is 54.4 Å². The largest absolute Gasteiger partial charge is 0.416 e. The second-order valence-corrected chi connectivity index (χ2v) is 4.55. The Labute approximate surface area is 113 Å². The summed E-state index contributed by atoms with van der Waals surface area (Å²) in [6, 6.07) is 10.7. The van der Waals surface area contributed by atoms with Gasteiger partial charge in [0.15, 0.2) is 6.33 Å². The minimum atomic E-state index is -4.33. The van der Waals surface area contributed by atoms with E-state index in [4.69, 9.17) is 0 Å². The molecule has 0 bridgehead atoms. The van der Waals surface area contributed by atoms with Gasteiger partial charge in [0.25, 0.3) is 0 Å². The fourth-order valence-corrected chi connectivity index (χ4v) is 2.13. The number of alkyl halides is 3. The van der Waals surface area contributed by atoms with E-state index in [1.54, 1.807) is 22.8 Å². The Kier molecular flexibility index (Phi) is 2.78. The van der Waals surface area contributed by atoms with Crippen LogP contribution in [-0.4, -0.2) is 9.55 Å². The van der Waals surface area contributed by atoms with Crippen molar-refractivity contribution in [2.75, 3.05) is 0 Å². The number of hydrogen-bond donors (Lipinski definition) is 0. The summed E-state index contributed by atoms with van der Waals surface area (Å²) in [6.07, 6.45) is -1.56. The number of imidazole rings is 1. The van der Waals surface area contributed by atoms with Gasteiger partial charge in [-0.05, 0) is 35.4 Å². The highest BCUT2D eigenvalue weighted by Crippen LogP contribution is 2.32. The SMILES string of the molecule is Cn1[c]nc2cc(-c3cccc(C(F)(F)F)c3)ccc21. The van der Waals surface area contributed by atoms with E-state index in [2.05, 4.69) is 11.3 Å². The Hall–Kier alpha value is -2.30. The molecule has 5 heteroatoms. The van der Waals surface area contributed by atoms with Gasteiger partial charge in [-0.3, -0.25) is 0 Å². The van der Waals surface area contributed by atoms with Crippen LogP contribution in [0.2, 0.25) is 0 Å². The van der Waals surface area contributed by atoms with E-state index in [9.17, 15) is 13.2 Å². The summed E-state index contributed by atoms with van der Waals surface area (Å²) in [6.45, 7) is 0. The summed E-state index contributed by atoms with van der Waals surface area (Å²) in [7, 11) is 1.82. The van der Waals surface area contributed by atoms with E-state index >= 15 is 0 Å². The Morgan fingerprint density at radius 1 is 1.05 bits per heavy atom. The summed E-state index contributed by atoms with van der Waals surface area (Å²) in [4.78, 5) is 4.09. The minimum absolute atomic E-state index is 0.521. The highest BCUT2D eigenvalue weighted by Gasteiger charge is 2.30. The molecule has 3 aromatic rings. The fourth-order valence-electron chi connectivity index (χ4n) is 2.13. The van der Waals surface area contributed by atoms with E-state index in [1.165, 1.54) is 6.07 Å². The van der Waals surface area contributed by atoms with E-state index in [0.29, 0.717) is 16.6 Å². The molecule has 0 aliphatic heterocycles. The number of aryl methyl sites for hydroxylation is 1. The first-order valence-electron chi connectivity index (χ1n) is 5.97. The van der Waals surface area contributed by atoms with E-state index in [-0.39, 0.29) is 0 Å². The zero-order valence-corrected chi connectivity index (χ0v) is 10.6.